The topological polar surface area (TPSA) is 37.3 Å². The van der Waals surface area contributed by atoms with Crippen LogP contribution in [0.3, 0.4) is 0 Å². The molecule has 1 spiro atoms. The van der Waals surface area contributed by atoms with Gasteiger partial charge in [0.2, 0.25) is 0 Å². The Morgan fingerprint density at radius 2 is 2.05 bits per heavy atom. The van der Waals surface area contributed by atoms with E-state index < -0.39 is 5.97 Å². The normalized spacial score (nSPS) is 32.7. The van der Waals surface area contributed by atoms with Crippen LogP contribution in [-0.2, 0) is 37.5 Å². The molecule has 1 aromatic rings. The first-order chi connectivity index (χ1) is 8.61. The number of aryl methyl sites for hydroxylation is 1. The largest absolute Gasteiger partial charge is 0.481 e. The van der Waals surface area contributed by atoms with Crippen molar-refractivity contribution in [2.24, 2.45) is 11.3 Å². The van der Waals surface area contributed by atoms with Crippen molar-refractivity contribution in [1.82, 2.24) is 0 Å². The van der Waals surface area contributed by atoms with Gasteiger partial charge in [0, 0.05) is 32.7 Å². The molecule has 2 aliphatic rings. The van der Waals surface area contributed by atoms with Crippen LogP contribution >= 0.6 is 0 Å². The maximum Gasteiger partial charge on any atom is 0.307 e. The zero-order valence-corrected chi connectivity index (χ0v) is 14.2. The first kappa shape index (κ1) is 15.2. The van der Waals surface area contributed by atoms with Crippen molar-refractivity contribution in [2.75, 3.05) is 0 Å². The number of carbonyl (C=O) groups is 1. The molecule has 2 fully saturated rings. The molecule has 19 heavy (non-hydrogen) atoms. The molecule has 1 atom stereocenters. The van der Waals surface area contributed by atoms with E-state index in [9.17, 15) is 4.79 Å². The Labute approximate surface area is 139 Å². The van der Waals surface area contributed by atoms with Crippen LogP contribution in [0.4, 0.5) is 0 Å². The fourth-order valence-electron chi connectivity index (χ4n) is 3.54. The number of benzene rings is 1. The number of hydrogen-bond acceptors (Lipinski definition) is 1. The van der Waals surface area contributed by atoms with Crippen molar-refractivity contribution in [3.05, 3.63) is 35.4 Å². The summed E-state index contributed by atoms with van der Waals surface area (Å²) in [7, 11) is 0. The Hall–Kier alpha value is -0.206. The van der Waals surface area contributed by atoms with Gasteiger partial charge < -0.3 is 5.11 Å². The molecule has 0 amide bonds. The third-order valence-electron chi connectivity index (χ3n) is 4.93. The summed E-state index contributed by atoms with van der Waals surface area (Å²) in [5.74, 6) is -0.0253. The molecule has 3 rings (SSSR count). The number of carboxylic acids is 1. The number of rotatable bonds is 2. The van der Waals surface area contributed by atoms with Crippen molar-refractivity contribution in [3.63, 3.8) is 0 Å². The molecule has 1 N–H and O–H groups in total. The Morgan fingerprint density at radius 3 is 2.53 bits per heavy atom. The molecule has 2 saturated carbocycles. The standard InChI is InChI=1S/C16H19O2.Y/c1-11-2-4-12(5-3-11)13-6-8-16(9-7-13)10-14(16)15(17)18;/h2,4-5,13-14H,6-10H2,1H3,(H,17,18);/q-1;. The Balaban J connectivity index is 0.00000133. The van der Waals surface area contributed by atoms with Gasteiger partial charge in [0.25, 0.3) is 0 Å². The predicted octanol–water partition coefficient (Wildman–Crippen LogP) is 3.54. The van der Waals surface area contributed by atoms with Crippen LogP contribution in [0, 0.1) is 24.3 Å². The fraction of sp³-hybridized carbons (Fsp3) is 0.562. The van der Waals surface area contributed by atoms with E-state index in [2.05, 4.69) is 31.2 Å². The predicted molar refractivity (Wildman–Crippen MR) is 69.4 cm³/mol. The second kappa shape index (κ2) is 5.65. The molecule has 0 bridgehead atoms. The maximum atomic E-state index is 11.0. The van der Waals surface area contributed by atoms with Gasteiger partial charge in [0.1, 0.15) is 0 Å². The van der Waals surface area contributed by atoms with Crippen molar-refractivity contribution < 1.29 is 42.6 Å². The van der Waals surface area contributed by atoms with Gasteiger partial charge in [-0.15, -0.1) is 0 Å². The smallest absolute Gasteiger partial charge is 0.307 e. The second-order valence-corrected chi connectivity index (χ2v) is 6.04. The van der Waals surface area contributed by atoms with Crippen molar-refractivity contribution in [2.45, 2.75) is 44.9 Å². The van der Waals surface area contributed by atoms with Crippen LogP contribution in [-0.4, -0.2) is 11.1 Å². The minimum absolute atomic E-state index is 0. The summed E-state index contributed by atoms with van der Waals surface area (Å²) >= 11 is 0. The van der Waals surface area contributed by atoms with Gasteiger partial charge >= 0.3 is 5.97 Å². The number of aliphatic carboxylic acids is 1. The summed E-state index contributed by atoms with van der Waals surface area (Å²) < 4.78 is 0. The molecule has 0 saturated heterocycles. The minimum atomic E-state index is -0.586. The summed E-state index contributed by atoms with van der Waals surface area (Å²) in [6.07, 6.45) is 5.36. The average molecular weight is 332 g/mol. The van der Waals surface area contributed by atoms with Crippen molar-refractivity contribution in [1.29, 1.82) is 0 Å². The molecule has 99 valence electrons. The Kier molecular flexibility index (Phi) is 4.52. The quantitative estimate of drug-likeness (QED) is 0.841. The van der Waals surface area contributed by atoms with E-state index >= 15 is 0 Å². The molecule has 0 aromatic heterocycles. The van der Waals surface area contributed by atoms with Gasteiger partial charge in [-0.25, -0.2) is 0 Å². The number of hydrogen-bond donors (Lipinski definition) is 1. The van der Waals surface area contributed by atoms with Gasteiger partial charge in [-0.3, -0.25) is 4.79 Å². The van der Waals surface area contributed by atoms with Crippen LogP contribution in [0.5, 0.6) is 0 Å². The minimum Gasteiger partial charge on any atom is -0.481 e. The van der Waals surface area contributed by atoms with Crippen LogP contribution in [0.1, 0.15) is 49.1 Å². The molecule has 0 heterocycles. The monoisotopic (exact) mass is 332 g/mol. The summed E-state index contributed by atoms with van der Waals surface area (Å²) in [6, 6.07) is 9.70. The van der Waals surface area contributed by atoms with Crippen LogP contribution in [0.25, 0.3) is 0 Å². The first-order valence-corrected chi connectivity index (χ1v) is 6.82. The molecular weight excluding hydrogens is 313 g/mol. The molecular formula is C16H19O2Y-. The Bertz CT molecular complexity index is 458. The van der Waals surface area contributed by atoms with E-state index in [1.807, 2.05) is 0 Å². The second-order valence-electron chi connectivity index (χ2n) is 6.04. The van der Waals surface area contributed by atoms with Crippen LogP contribution in [0.15, 0.2) is 18.2 Å². The summed E-state index contributed by atoms with van der Waals surface area (Å²) in [4.78, 5) is 11.0. The molecule has 2 nitrogen and oxygen atoms in total. The van der Waals surface area contributed by atoms with Gasteiger partial charge in [-0.2, -0.15) is 35.4 Å². The van der Waals surface area contributed by atoms with Crippen LogP contribution in [0.2, 0.25) is 0 Å². The van der Waals surface area contributed by atoms with E-state index in [-0.39, 0.29) is 44.0 Å². The zero-order valence-electron chi connectivity index (χ0n) is 11.4. The first-order valence-electron chi connectivity index (χ1n) is 6.82. The van der Waals surface area contributed by atoms with E-state index in [0.29, 0.717) is 5.92 Å². The fourth-order valence-corrected chi connectivity index (χ4v) is 3.54. The van der Waals surface area contributed by atoms with E-state index in [1.54, 1.807) is 0 Å². The number of carboxylic acid groups (broad SMARTS) is 1. The van der Waals surface area contributed by atoms with Gasteiger partial charge in [-0.05, 0) is 24.7 Å². The Morgan fingerprint density at radius 1 is 1.37 bits per heavy atom. The van der Waals surface area contributed by atoms with Gasteiger partial charge in [-0.1, -0.05) is 25.7 Å². The summed E-state index contributed by atoms with van der Waals surface area (Å²) in [5, 5.41) is 9.08. The van der Waals surface area contributed by atoms with Crippen LogP contribution < -0.4 is 0 Å². The average Bonchev–Trinajstić information content (AvgIpc) is 3.06. The van der Waals surface area contributed by atoms with Crippen molar-refractivity contribution in [3.8, 4) is 0 Å². The SMILES string of the molecule is Cc1[c-]cc(C2CCC3(CC2)CC3C(=O)O)cc1.[Y]. The third-order valence-corrected chi connectivity index (χ3v) is 4.93. The molecule has 3 heteroatoms. The summed E-state index contributed by atoms with van der Waals surface area (Å²) in [5.41, 5.74) is 2.72. The third kappa shape index (κ3) is 2.95. The molecule has 0 aliphatic heterocycles. The molecule has 1 aromatic carbocycles. The van der Waals surface area contributed by atoms with E-state index in [1.165, 1.54) is 11.1 Å². The zero-order chi connectivity index (χ0) is 12.8. The molecule has 2 aliphatic carbocycles. The van der Waals surface area contributed by atoms with Gasteiger partial charge in [0.15, 0.2) is 0 Å². The maximum absolute atomic E-state index is 11.0. The van der Waals surface area contributed by atoms with Crippen molar-refractivity contribution >= 4 is 5.97 Å². The van der Waals surface area contributed by atoms with E-state index in [4.69, 9.17) is 5.11 Å². The van der Waals surface area contributed by atoms with Gasteiger partial charge in [0.05, 0.1) is 5.92 Å². The summed E-state index contributed by atoms with van der Waals surface area (Å²) in [6.45, 7) is 2.06. The van der Waals surface area contributed by atoms with E-state index in [0.717, 1.165) is 32.1 Å². The molecule has 1 unspecified atom stereocenters. The molecule has 1 radical (unpaired) electrons.